The van der Waals surface area contributed by atoms with Crippen molar-refractivity contribution in [2.45, 2.75) is 26.3 Å². The number of phenolic OH excluding ortho intramolecular Hbond substituents is 2. The van der Waals surface area contributed by atoms with Crippen molar-refractivity contribution >= 4 is 11.8 Å². The van der Waals surface area contributed by atoms with E-state index >= 15 is 0 Å². The molecule has 0 spiro atoms. The molecule has 24 heavy (non-hydrogen) atoms. The number of nitrogens with zero attached hydrogens (tertiary/aromatic N) is 1. The molecule has 2 aromatic carbocycles. The van der Waals surface area contributed by atoms with Gasteiger partial charge in [-0.1, -0.05) is 18.2 Å². The summed E-state index contributed by atoms with van der Waals surface area (Å²) in [5, 5.41) is 20.1. The quantitative estimate of drug-likeness (QED) is 0.584. The molecule has 0 saturated heterocycles. The summed E-state index contributed by atoms with van der Waals surface area (Å²) in [7, 11) is 0. The molecule has 0 aliphatic carbocycles. The van der Waals surface area contributed by atoms with Gasteiger partial charge < -0.3 is 10.2 Å². The molecule has 2 rings (SSSR count). The summed E-state index contributed by atoms with van der Waals surface area (Å²) in [6.07, 6.45) is 0. The van der Waals surface area contributed by atoms with Crippen LogP contribution in [0.5, 0.6) is 11.5 Å². The third-order valence-corrected chi connectivity index (χ3v) is 3.35. The molecule has 126 valence electrons. The number of aromatic hydroxyl groups is 2. The van der Waals surface area contributed by atoms with Gasteiger partial charge >= 0.3 is 0 Å². The highest BCUT2D eigenvalue weighted by molar-refractivity contribution is 5.99. The Morgan fingerprint density at radius 3 is 2.08 bits per heavy atom. The van der Waals surface area contributed by atoms with Crippen LogP contribution in [0.3, 0.4) is 0 Å². The Morgan fingerprint density at radius 1 is 0.917 bits per heavy atom. The number of phenols is 2. The van der Waals surface area contributed by atoms with Crippen LogP contribution in [0.1, 0.15) is 41.5 Å². The first-order valence-electron chi connectivity index (χ1n) is 7.42. The minimum atomic E-state index is -0.665. The Bertz CT molecular complexity index is 751. The number of amides is 2. The zero-order valence-electron chi connectivity index (χ0n) is 13.8. The zero-order chi connectivity index (χ0) is 17.9. The molecule has 6 heteroatoms. The van der Waals surface area contributed by atoms with Crippen molar-refractivity contribution in [3.05, 3.63) is 59.7 Å². The summed E-state index contributed by atoms with van der Waals surface area (Å²) in [6.45, 7) is 5.38. The van der Waals surface area contributed by atoms with Crippen molar-refractivity contribution in [1.29, 1.82) is 0 Å². The molecule has 3 N–H and O–H groups in total. The van der Waals surface area contributed by atoms with E-state index in [1.165, 1.54) is 17.1 Å². The van der Waals surface area contributed by atoms with E-state index in [0.29, 0.717) is 5.56 Å². The molecular weight excluding hydrogens is 308 g/mol. The first-order valence-corrected chi connectivity index (χ1v) is 7.42. The number of carbonyl (C=O) groups excluding carboxylic acids is 2. The van der Waals surface area contributed by atoms with Crippen LogP contribution in [-0.4, -0.2) is 32.6 Å². The Kier molecular flexibility index (Phi) is 4.78. The van der Waals surface area contributed by atoms with Crippen LogP contribution in [-0.2, 0) is 0 Å². The molecule has 0 fully saturated rings. The fourth-order valence-electron chi connectivity index (χ4n) is 2.06. The number of hydrogen-bond acceptors (Lipinski definition) is 4. The van der Waals surface area contributed by atoms with Crippen LogP contribution < -0.4 is 5.43 Å². The van der Waals surface area contributed by atoms with E-state index in [2.05, 4.69) is 5.43 Å². The number of nitrogens with one attached hydrogen (secondary N) is 1. The Hall–Kier alpha value is -3.02. The third-order valence-electron chi connectivity index (χ3n) is 3.35. The Labute approximate surface area is 140 Å². The minimum absolute atomic E-state index is 0.125. The normalized spacial score (nSPS) is 11.0. The van der Waals surface area contributed by atoms with E-state index in [1.54, 1.807) is 51.1 Å². The predicted molar refractivity (Wildman–Crippen MR) is 89.6 cm³/mol. The lowest BCUT2D eigenvalue weighted by molar-refractivity contribution is 0.0358. The predicted octanol–water partition coefficient (Wildman–Crippen LogP) is 2.68. The molecule has 0 atom stereocenters. The summed E-state index contributed by atoms with van der Waals surface area (Å²) >= 11 is 0. The van der Waals surface area contributed by atoms with Crippen LogP contribution >= 0.6 is 0 Å². The molecule has 0 radical (unpaired) electrons. The van der Waals surface area contributed by atoms with Crippen molar-refractivity contribution < 1.29 is 19.8 Å². The first kappa shape index (κ1) is 17.3. The van der Waals surface area contributed by atoms with Gasteiger partial charge in [0.15, 0.2) is 11.5 Å². The number of benzene rings is 2. The van der Waals surface area contributed by atoms with E-state index in [0.717, 1.165) is 6.07 Å². The summed E-state index contributed by atoms with van der Waals surface area (Å²) in [6, 6.07) is 12.3. The summed E-state index contributed by atoms with van der Waals surface area (Å²) in [4.78, 5) is 25.1. The highest BCUT2D eigenvalue weighted by Crippen LogP contribution is 2.25. The fraction of sp³-hybridized carbons (Fsp3) is 0.222. The van der Waals surface area contributed by atoms with Gasteiger partial charge in [0, 0.05) is 11.1 Å². The molecule has 6 nitrogen and oxygen atoms in total. The third kappa shape index (κ3) is 3.84. The van der Waals surface area contributed by atoms with E-state index in [4.69, 9.17) is 0 Å². The van der Waals surface area contributed by atoms with E-state index in [-0.39, 0.29) is 17.2 Å². The van der Waals surface area contributed by atoms with Crippen LogP contribution in [0.25, 0.3) is 0 Å². The number of hydrazine groups is 1. The molecule has 0 aliphatic heterocycles. The maximum atomic E-state index is 12.7. The van der Waals surface area contributed by atoms with Crippen LogP contribution in [0.4, 0.5) is 0 Å². The molecule has 2 aromatic rings. The molecule has 0 heterocycles. The van der Waals surface area contributed by atoms with Crippen molar-refractivity contribution in [2.75, 3.05) is 0 Å². The Morgan fingerprint density at radius 2 is 1.54 bits per heavy atom. The highest BCUT2D eigenvalue weighted by Gasteiger charge is 2.29. The lowest BCUT2D eigenvalue weighted by Crippen LogP contribution is -2.55. The Balaban J connectivity index is 2.28. The van der Waals surface area contributed by atoms with Crippen LogP contribution in [0.2, 0.25) is 0 Å². The van der Waals surface area contributed by atoms with Gasteiger partial charge in [-0.05, 0) is 51.1 Å². The zero-order valence-corrected chi connectivity index (χ0v) is 13.8. The van der Waals surface area contributed by atoms with Gasteiger partial charge in [0.05, 0.1) is 5.54 Å². The second-order valence-electron chi connectivity index (χ2n) is 6.32. The average molecular weight is 328 g/mol. The SMILES string of the molecule is CC(C)(C)N(NC(=O)c1ccc(O)c(O)c1)C(=O)c1ccccc1. The number of hydrogen-bond donors (Lipinski definition) is 3. The lowest BCUT2D eigenvalue weighted by atomic mass is 10.1. The summed E-state index contributed by atoms with van der Waals surface area (Å²) in [5.41, 5.74) is 2.48. The van der Waals surface area contributed by atoms with Gasteiger partial charge in [-0.3, -0.25) is 15.0 Å². The van der Waals surface area contributed by atoms with Crippen LogP contribution in [0.15, 0.2) is 48.5 Å². The standard InChI is InChI=1S/C18H20N2O4/c1-18(2,3)20(17(24)12-7-5-4-6-8-12)19-16(23)13-9-10-14(21)15(22)11-13/h4-11,21-22H,1-3H3,(H,19,23). The van der Waals surface area contributed by atoms with Gasteiger partial charge in [0.25, 0.3) is 11.8 Å². The van der Waals surface area contributed by atoms with E-state index in [1.807, 2.05) is 0 Å². The van der Waals surface area contributed by atoms with Gasteiger partial charge in [0.1, 0.15) is 0 Å². The second kappa shape index (κ2) is 6.62. The monoisotopic (exact) mass is 328 g/mol. The van der Waals surface area contributed by atoms with Crippen molar-refractivity contribution in [3.63, 3.8) is 0 Å². The topological polar surface area (TPSA) is 89.9 Å². The van der Waals surface area contributed by atoms with E-state index in [9.17, 15) is 19.8 Å². The molecule has 0 aliphatic rings. The van der Waals surface area contributed by atoms with Gasteiger partial charge in [0.2, 0.25) is 0 Å². The maximum absolute atomic E-state index is 12.7. The second-order valence-corrected chi connectivity index (χ2v) is 6.32. The van der Waals surface area contributed by atoms with Gasteiger partial charge in [-0.25, -0.2) is 5.01 Å². The lowest BCUT2D eigenvalue weighted by Gasteiger charge is -2.35. The molecule has 0 saturated carbocycles. The number of carbonyl (C=O) groups is 2. The molecule has 0 bridgehead atoms. The average Bonchev–Trinajstić information content (AvgIpc) is 2.54. The fourth-order valence-corrected chi connectivity index (χ4v) is 2.06. The maximum Gasteiger partial charge on any atom is 0.272 e. The molecular formula is C18H20N2O4. The summed E-state index contributed by atoms with van der Waals surface area (Å²) in [5.74, 6) is -1.64. The molecule has 2 amide bonds. The van der Waals surface area contributed by atoms with E-state index < -0.39 is 17.2 Å². The number of rotatable bonds is 2. The van der Waals surface area contributed by atoms with Crippen molar-refractivity contribution in [3.8, 4) is 11.5 Å². The minimum Gasteiger partial charge on any atom is -0.504 e. The smallest absolute Gasteiger partial charge is 0.272 e. The molecule has 0 aromatic heterocycles. The van der Waals surface area contributed by atoms with Crippen LogP contribution in [0, 0.1) is 0 Å². The van der Waals surface area contributed by atoms with Gasteiger partial charge in [-0.2, -0.15) is 0 Å². The van der Waals surface area contributed by atoms with Crippen molar-refractivity contribution in [2.24, 2.45) is 0 Å². The van der Waals surface area contributed by atoms with Crippen molar-refractivity contribution in [1.82, 2.24) is 10.4 Å². The largest absolute Gasteiger partial charge is 0.504 e. The summed E-state index contributed by atoms with van der Waals surface area (Å²) < 4.78 is 0. The first-order chi connectivity index (χ1) is 11.2. The van der Waals surface area contributed by atoms with Gasteiger partial charge in [-0.15, -0.1) is 0 Å². The molecule has 0 unspecified atom stereocenters. The highest BCUT2D eigenvalue weighted by atomic mass is 16.3.